The Kier molecular flexibility index (Phi) is 20.4. The smallest absolute Gasteiger partial charge is 0.337 e. The molecule has 13 heteroatoms. The zero-order chi connectivity index (χ0) is 33.1. The van der Waals surface area contributed by atoms with Crippen LogP contribution in [-0.2, 0) is 19.2 Å². The number of carboxylic acid groups (broad SMARTS) is 4. The van der Waals surface area contributed by atoms with Gasteiger partial charge in [-0.2, -0.15) is 0 Å². The van der Waals surface area contributed by atoms with Crippen molar-refractivity contribution in [3.63, 3.8) is 0 Å². The van der Waals surface area contributed by atoms with Crippen LogP contribution in [0.3, 0.4) is 0 Å². The summed E-state index contributed by atoms with van der Waals surface area (Å²) in [4.78, 5) is 40.9. The fraction of sp³-hybridized carbons (Fsp3) is 0.125. The van der Waals surface area contributed by atoms with E-state index in [1.165, 1.54) is 12.1 Å². The van der Waals surface area contributed by atoms with E-state index in [-0.39, 0.29) is 39.9 Å². The van der Waals surface area contributed by atoms with Gasteiger partial charge in [0.25, 0.3) is 0 Å². The van der Waals surface area contributed by atoms with E-state index in [1.54, 1.807) is 109 Å². The Morgan fingerprint density at radius 3 is 0.733 bits per heavy atom. The van der Waals surface area contributed by atoms with Crippen molar-refractivity contribution in [1.29, 1.82) is 0 Å². The minimum Gasteiger partial charge on any atom is -0.547 e. The number of rotatable bonds is 8. The number of carbonyl (C=O) groups excluding carboxylic acids is 1. The Morgan fingerprint density at radius 1 is 0.400 bits per heavy atom. The quantitative estimate of drug-likeness (QED) is 0.135. The van der Waals surface area contributed by atoms with Crippen LogP contribution in [0, 0.1) is 39.9 Å². The molecule has 4 aromatic carbocycles. The Labute approximate surface area is 290 Å². The summed E-state index contributed by atoms with van der Waals surface area (Å²) in [5.74, 6) is -5.15. The van der Waals surface area contributed by atoms with E-state index in [1.807, 2.05) is 0 Å². The molecule has 0 amide bonds. The van der Waals surface area contributed by atoms with Gasteiger partial charge in [-0.15, -0.1) is 0 Å². The summed E-state index contributed by atoms with van der Waals surface area (Å²) in [5.41, 5.74) is 1.55. The third-order valence-electron chi connectivity index (χ3n) is 5.39. The van der Waals surface area contributed by atoms with E-state index < -0.39 is 48.3 Å². The van der Waals surface area contributed by atoms with Crippen molar-refractivity contribution in [1.82, 2.24) is 0 Å². The number of benzene rings is 4. The molecule has 4 aromatic rings. The van der Waals surface area contributed by atoms with E-state index in [9.17, 15) is 24.3 Å². The van der Waals surface area contributed by atoms with Gasteiger partial charge in [-0.1, -0.05) is 121 Å². The average Bonchev–Trinajstić information content (AvgIpc) is 3.05. The van der Waals surface area contributed by atoms with Crippen molar-refractivity contribution in [2.45, 2.75) is 24.4 Å². The first kappa shape index (κ1) is 40.9. The number of hydrogen-bond donors (Lipinski definition) is 7. The average molecular weight is 840 g/mol. The van der Waals surface area contributed by atoms with Crippen LogP contribution >= 0.6 is 0 Å². The van der Waals surface area contributed by atoms with E-state index in [4.69, 9.17) is 35.7 Å². The van der Waals surface area contributed by atoms with Crippen molar-refractivity contribution < 1.29 is 100.0 Å². The first-order chi connectivity index (χ1) is 20.9. The maximum Gasteiger partial charge on any atom is 0.337 e. The van der Waals surface area contributed by atoms with Crippen molar-refractivity contribution in [3.8, 4) is 0 Å². The molecule has 0 aliphatic carbocycles. The number of carbonyl (C=O) groups is 4. The molecule has 12 nitrogen and oxygen atoms in total. The Hall–Kier alpha value is -4.08. The predicted octanol–water partition coefficient (Wildman–Crippen LogP) is 1.88. The number of carboxylic acids is 4. The van der Waals surface area contributed by atoms with Gasteiger partial charge in [0.2, 0.25) is 0 Å². The molecule has 4 atom stereocenters. The van der Waals surface area contributed by atoms with Gasteiger partial charge in [-0.05, 0) is 22.3 Å². The molecule has 0 heterocycles. The van der Waals surface area contributed by atoms with Gasteiger partial charge in [0.1, 0.15) is 6.10 Å². The van der Waals surface area contributed by atoms with E-state index in [2.05, 4.69) is 0 Å². The molecule has 4 rings (SSSR count). The molecule has 0 bridgehead atoms. The van der Waals surface area contributed by atoms with Gasteiger partial charge in [0, 0.05) is 39.9 Å². The van der Waals surface area contributed by atoms with Crippen molar-refractivity contribution >= 4 is 23.9 Å². The number of hydrogen-bond acceptors (Lipinski definition) is 9. The van der Waals surface area contributed by atoms with Crippen LogP contribution in [-0.4, -0.2) is 59.6 Å². The normalized spacial score (nSPS) is 12.2. The molecule has 0 spiro atoms. The molecule has 0 saturated carbocycles. The van der Waals surface area contributed by atoms with Crippen LogP contribution < -0.4 is 5.11 Å². The first-order valence-corrected chi connectivity index (χ1v) is 12.7. The van der Waals surface area contributed by atoms with Gasteiger partial charge in [-0.3, -0.25) is 0 Å². The maximum absolute atomic E-state index is 10.2. The summed E-state index contributed by atoms with van der Waals surface area (Å²) in [6.07, 6.45) is -5.74. The molecule has 0 aromatic heterocycles. The van der Waals surface area contributed by atoms with E-state index in [0.717, 1.165) is 0 Å². The third-order valence-corrected chi connectivity index (χ3v) is 5.39. The fourth-order valence-corrected chi connectivity index (χ4v) is 3.11. The molecule has 0 aliphatic rings. The first-order valence-electron chi connectivity index (χ1n) is 12.7. The Balaban J connectivity index is 0.000000569. The summed E-state index contributed by atoms with van der Waals surface area (Å²) in [6.45, 7) is 0. The van der Waals surface area contributed by atoms with Crippen molar-refractivity contribution in [2.24, 2.45) is 0 Å². The van der Waals surface area contributed by atoms with Crippen LogP contribution in [0.5, 0.6) is 0 Å². The predicted molar refractivity (Wildman–Crippen MR) is 154 cm³/mol. The fourth-order valence-electron chi connectivity index (χ4n) is 3.11. The van der Waals surface area contributed by atoms with Gasteiger partial charge in [0.05, 0.1) is 5.97 Å². The molecule has 4 unspecified atom stereocenters. The topological polar surface area (TPSA) is 233 Å². The second-order valence-electron chi connectivity index (χ2n) is 8.59. The minimum atomic E-state index is -1.52. The summed E-state index contributed by atoms with van der Waals surface area (Å²) in [6, 6.07) is 32.9. The summed E-state index contributed by atoms with van der Waals surface area (Å²) < 4.78 is 0. The summed E-state index contributed by atoms with van der Waals surface area (Å²) >= 11 is 0. The second kappa shape index (κ2) is 22.4. The monoisotopic (exact) mass is 839 g/mol. The molecular formula is C32H31O12Th-. The van der Waals surface area contributed by atoms with Crippen molar-refractivity contribution in [3.05, 3.63) is 144 Å². The molecule has 45 heavy (non-hydrogen) atoms. The zero-order valence-corrected chi connectivity index (χ0v) is 27.6. The molecule has 0 radical (unpaired) electrons. The van der Waals surface area contributed by atoms with Crippen LogP contribution in [0.15, 0.2) is 121 Å². The van der Waals surface area contributed by atoms with E-state index >= 15 is 0 Å². The van der Waals surface area contributed by atoms with Crippen LogP contribution in [0.2, 0.25) is 0 Å². The number of aliphatic carboxylic acids is 4. The number of aliphatic hydroxyl groups excluding tert-OH is 4. The van der Waals surface area contributed by atoms with Gasteiger partial charge < -0.3 is 45.6 Å². The van der Waals surface area contributed by atoms with Gasteiger partial charge in [-0.25, -0.2) is 14.4 Å². The Morgan fingerprint density at radius 2 is 0.578 bits per heavy atom. The molecule has 236 valence electrons. The summed E-state index contributed by atoms with van der Waals surface area (Å²) in [7, 11) is 0. The van der Waals surface area contributed by atoms with Crippen LogP contribution in [0.4, 0.5) is 0 Å². The largest absolute Gasteiger partial charge is 0.547 e. The molecule has 0 aliphatic heterocycles. The van der Waals surface area contributed by atoms with Gasteiger partial charge >= 0.3 is 17.9 Å². The zero-order valence-electron chi connectivity index (χ0n) is 23.5. The third kappa shape index (κ3) is 16.0. The molecule has 7 N–H and O–H groups in total. The van der Waals surface area contributed by atoms with Crippen LogP contribution in [0.1, 0.15) is 46.7 Å². The SMILES string of the molecule is O=C(O)C(O)c1ccccc1.O=C(O)C(O)c1ccccc1.O=C(O)C(O)c1ccccc1.O=C([O-])C(O)c1ccccc1.[Th]. The summed E-state index contributed by atoms with van der Waals surface area (Å²) in [5, 5.41) is 71.2. The number of aliphatic hydroxyl groups is 4. The molecule has 0 saturated heterocycles. The minimum absolute atomic E-state index is 0. The van der Waals surface area contributed by atoms with E-state index in [0.29, 0.717) is 22.3 Å². The van der Waals surface area contributed by atoms with Crippen molar-refractivity contribution in [2.75, 3.05) is 0 Å². The Bertz CT molecular complexity index is 1200. The standard InChI is InChI=1S/4C8H8O3.Th/c4*9-7(8(10)11)6-4-2-1-3-5-6;/h4*1-5,7,9H,(H,10,11);/p-1. The van der Waals surface area contributed by atoms with Crippen LogP contribution in [0.25, 0.3) is 0 Å². The molecule has 0 fully saturated rings. The second-order valence-corrected chi connectivity index (χ2v) is 8.59. The van der Waals surface area contributed by atoms with Gasteiger partial charge in [0.15, 0.2) is 18.3 Å². The maximum atomic E-state index is 10.2. The molecular weight excluding hydrogens is 808 g/mol.